The zero-order valence-electron chi connectivity index (χ0n) is 11.8. The van der Waals surface area contributed by atoms with Crippen molar-refractivity contribution in [1.29, 1.82) is 0 Å². The molecule has 2 rings (SSSR count). The molecule has 100 valence electrons. The maximum atomic E-state index is 3.53. The molecule has 0 radical (unpaired) electrons. The molecule has 0 N–H and O–H groups in total. The summed E-state index contributed by atoms with van der Waals surface area (Å²) in [7, 11) is 0. The first-order valence-electron chi connectivity index (χ1n) is 6.66. The summed E-state index contributed by atoms with van der Waals surface area (Å²) in [4.78, 5) is 2.36. The van der Waals surface area contributed by atoms with Crippen molar-refractivity contribution in [3.05, 3.63) is 59.2 Å². The van der Waals surface area contributed by atoms with Gasteiger partial charge in [0.25, 0.3) is 0 Å². The van der Waals surface area contributed by atoms with Crippen molar-refractivity contribution >= 4 is 27.3 Å². The molecule has 2 aromatic rings. The first kappa shape index (κ1) is 14.1. The molecule has 0 aliphatic carbocycles. The standard InChI is InChI=1S/C17H20BrN/c1-4-19(17-8-6-5-7-13(17)2)16-10-9-15(12-18)14(3)11-16/h5-11H,4,12H2,1-3H3. The Morgan fingerprint density at radius 2 is 1.74 bits per heavy atom. The van der Waals surface area contributed by atoms with E-state index in [1.165, 1.54) is 28.1 Å². The number of alkyl halides is 1. The lowest BCUT2D eigenvalue weighted by Gasteiger charge is -2.26. The number of anilines is 2. The van der Waals surface area contributed by atoms with E-state index in [9.17, 15) is 0 Å². The summed E-state index contributed by atoms with van der Waals surface area (Å²) in [6, 6.07) is 15.2. The highest BCUT2D eigenvalue weighted by molar-refractivity contribution is 9.08. The van der Waals surface area contributed by atoms with Crippen molar-refractivity contribution in [3.63, 3.8) is 0 Å². The van der Waals surface area contributed by atoms with Crippen LogP contribution in [0.4, 0.5) is 11.4 Å². The van der Waals surface area contributed by atoms with Gasteiger partial charge in [-0.05, 0) is 55.7 Å². The SMILES string of the molecule is CCN(c1ccc(CBr)c(C)c1)c1ccccc1C. The fraction of sp³-hybridized carbons (Fsp3) is 0.294. The summed E-state index contributed by atoms with van der Waals surface area (Å²) >= 11 is 3.53. The molecule has 0 saturated carbocycles. The Balaban J connectivity index is 2.43. The quantitative estimate of drug-likeness (QED) is 0.686. The number of nitrogens with zero attached hydrogens (tertiary/aromatic N) is 1. The highest BCUT2D eigenvalue weighted by atomic mass is 79.9. The molecule has 0 fully saturated rings. The number of benzene rings is 2. The van der Waals surface area contributed by atoms with Crippen LogP contribution in [-0.4, -0.2) is 6.54 Å². The second-order valence-electron chi connectivity index (χ2n) is 4.78. The predicted molar refractivity (Wildman–Crippen MR) is 87.7 cm³/mol. The van der Waals surface area contributed by atoms with E-state index in [-0.39, 0.29) is 0 Å². The van der Waals surface area contributed by atoms with Crippen LogP contribution in [0.1, 0.15) is 23.6 Å². The number of hydrogen-bond donors (Lipinski definition) is 0. The van der Waals surface area contributed by atoms with Crippen molar-refractivity contribution in [1.82, 2.24) is 0 Å². The first-order chi connectivity index (χ1) is 9.17. The summed E-state index contributed by atoms with van der Waals surface area (Å²) < 4.78 is 0. The molecule has 0 heterocycles. The van der Waals surface area contributed by atoms with Crippen LogP contribution in [0, 0.1) is 13.8 Å². The summed E-state index contributed by atoms with van der Waals surface area (Å²) in [5.41, 5.74) is 6.55. The van der Waals surface area contributed by atoms with Gasteiger partial charge in [0.15, 0.2) is 0 Å². The Morgan fingerprint density at radius 1 is 1.00 bits per heavy atom. The van der Waals surface area contributed by atoms with Gasteiger partial charge in [-0.3, -0.25) is 0 Å². The van der Waals surface area contributed by atoms with Crippen LogP contribution in [0.25, 0.3) is 0 Å². The fourth-order valence-electron chi connectivity index (χ4n) is 2.36. The second kappa shape index (κ2) is 6.25. The van der Waals surface area contributed by atoms with Crippen molar-refractivity contribution in [3.8, 4) is 0 Å². The summed E-state index contributed by atoms with van der Waals surface area (Å²) in [5.74, 6) is 0. The van der Waals surface area contributed by atoms with Gasteiger partial charge < -0.3 is 4.90 Å². The van der Waals surface area contributed by atoms with E-state index in [4.69, 9.17) is 0 Å². The Kier molecular flexibility index (Phi) is 4.65. The molecule has 0 atom stereocenters. The molecule has 0 bridgehead atoms. The smallest absolute Gasteiger partial charge is 0.0440 e. The first-order valence-corrected chi connectivity index (χ1v) is 7.78. The summed E-state index contributed by atoms with van der Waals surface area (Å²) in [5, 5.41) is 0.912. The normalized spacial score (nSPS) is 10.5. The molecule has 2 heteroatoms. The van der Waals surface area contributed by atoms with Crippen LogP contribution in [-0.2, 0) is 5.33 Å². The van der Waals surface area contributed by atoms with Crippen LogP contribution in [0.15, 0.2) is 42.5 Å². The molecular formula is C17H20BrN. The van der Waals surface area contributed by atoms with Gasteiger partial charge in [-0.1, -0.05) is 40.2 Å². The van der Waals surface area contributed by atoms with Gasteiger partial charge in [0.05, 0.1) is 0 Å². The van der Waals surface area contributed by atoms with Crippen LogP contribution in [0.2, 0.25) is 0 Å². The molecule has 0 unspecified atom stereocenters. The second-order valence-corrected chi connectivity index (χ2v) is 5.34. The van der Waals surface area contributed by atoms with Gasteiger partial charge in [-0.15, -0.1) is 0 Å². The van der Waals surface area contributed by atoms with Gasteiger partial charge in [0, 0.05) is 23.2 Å². The highest BCUT2D eigenvalue weighted by Gasteiger charge is 2.10. The Labute approximate surface area is 124 Å². The van der Waals surface area contributed by atoms with E-state index in [1.807, 2.05) is 0 Å². The lowest BCUT2D eigenvalue weighted by Crippen LogP contribution is -2.17. The maximum Gasteiger partial charge on any atom is 0.0440 e. The molecule has 2 aromatic carbocycles. The number of halogens is 1. The Morgan fingerprint density at radius 3 is 2.32 bits per heavy atom. The largest absolute Gasteiger partial charge is 0.342 e. The molecule has 0 aliphatic heterocycles. The van der Waals surface area contributed by atoms with E-state index < -0.39 is 0 Å². The van der Waals surface area contributed by atoms with E-state index in [0.717, 1.165) is 11.9 Å². The molecule has 0 saturated heterocycles. The summed E-state index contributed by atoms with van der Waals surface area (Å²) in [6.45, 7) is 7.50. The molecule has 1 nitrogen and oxygen atoms in total. The third kappa shape index (κ3) is 3.01. The number of para-hydroxylation sites is 1. The van der Waals surface area contributed by atoms with Crippen LogP contribution in [0.3, 0.4) is 0 Å². The van der Waals surface area contributed by atoms with E-state index in [0.29, 0.717) is 0 Å². The molecule has 19 heavy (non-hydrogen) atoms. The van der Waals surface area contributed by atoms with E-state index >= 15 is 0 Å². The minimum absolute atomic E-state index is 0.912. The van der Waals surface area contributed by atoms with E-state index in [1.54, 1.807) is 0 Å². The number of rotatable bonds is 4. The zero-order valence-corrected chi connectivity index (χ0v) is 13.4. The topological polar surface area (TPSA) is 3.24 Å². The van der Waals surface area contributed by atoms with Crippen LogP contribution < -0.4 is 4.90 Å². The lowest BCUT2D eigenvalue weighted by molar-refractivity contribution is 1.01. The minimum Gasteiger partial charge on any atom is -0.342 e. The fourth-order valence-corrected chi connectivity index (χ4v) is 2.99. The van der Waals surface area contributed by atoms with Crippen LogP contribution >= 0.6 is 15.9 Å². The summed E-state index contributed by atoms with van der Waals surface area (Å²) in [6.07, 6.45) is 0. The minimum atomic E-state index is 0.912. The molecule has 0 amide bonds. The highest BCUT2D eigenvalue weighted by Crippen LogP contribution is 2.29. The van der Waals surface area contributed by atoms with Gasteiger partial charge in [0.1, 0.15) is 0 Å². The van der Waals surface area contributed by atoms with Crippen molar-refractivity contribution in [2.24, 2.45) is 0 Å². The lowest BCUT2D eigenvalue weighted by atomic mass is 10.1. The maximum absolute atomic E-state index is 3.53. The predicted octanol–water partition coefficient (Wildman–Crippen LogP) is 5.36. The Hall–Kier alpha value is -1.28. The van der Waals surface area contributed by atoms with Gasteiger partial charge in [0.2, 0.25) is 0 Å². The molecule has 0 aromatic heterocycles. The molecular weight excluding hydrogens is 298 g/mol. The average molecular weight is 318 g/mol. The third-order valence-corrected chi connectivity index (χ3v) is 4.11. The molecule has 0 spiro atoms. The third-order valence-electron chi connectivity index (χ3n) is 3.50. The number of hydrogen-bond acceptors (Lipinski definition) is 1. The van der Waals surface area contributed by atoms with Crippen molar-refractivity contribution < 1.29 is 0 Å². The zero-order chi connectivity index (χ0) is 13.8. The number of aryl methyl sites for hydroxylation is 2. The average Bonchev–Trinajstić information content (AvgIpc) is 2.42. The van der Waals surface area contributed by atoms with Crippen molar-refractivity contribution in [2.75, 3.05) is 11.4 Å². The Bertz CT molecular complexity index is 563. The van der Waals surface area contributed by atoms with Gasteiger partial charge >= 0.3 is 0 Å². The molecule has 0 aliphatic rings. The van der Waals surface area contributed by atoms with Gasteiger partial charge in [-0.25, -0.2) is 0 Å². The van der Waals surface area contributed by atoms with Crippen LogP contribution in [0.5, 0.6) is 0 Å². The van der Waals surface area contributed by atoms with Crippen molar-refractivity contribution in [2.45, 2.75) is 26.1 Å². The van der Waals surface area contributed by atoms with Gasteiger partial charge in [-0.2, -0.15) is 0 Å². The van der Waals surface area contributed by atoms with E-state index in [2.05, 4.69) is 84.1 Å². The monoisotopic (exact) mass is 317 g/mol.